The van der Waals surface area contributed by atoms with Crippen molar-refractivity contribution in [3.8, 4) is 0 Å². The Morgan fingerprint density at radius 1 is 1.16 bits per heavy atom. The molecular formula is C19H25N5S. The summed E-state index contributed by atoms with van der Waals surface area (Å²) in [7, 11) is 0. The van der Waals surface area contributed by atoms with E-state index in [-0.39, 0.29) is 11.6 Å². The summed E-state index contributed by atoms with van der Waals surface area (Å²) in [5.74, 6) is 0. The molecule has 2 heterocycles. The standard InChI is InChI=1S/C19H25N5S/c1-13(16-12-24(19(3,4)5)23-14(16)2)20-18-22-21-17(25-18)11-15-9-7-6-8-10-15/h6-10,12-13H,11H2,1-5H3,(H,20,22). The fourth-order valence-corrected chi connectivity index (χ4v) is 3.52. The van der Waals surface area contributed by atoms with E-state index in [1.807, 2.05) is 22.9 Å². The van der Waals surface area contributed by atoms with Crippen LogP contribution in [0.1, 0.15) is 55.6 Å². The summed E-state index contributed by atoms with van der Waals surface area (Å²) in [5, 5.41) is 18.6. The van der Waals surface area contributed by atoms with Crippen molar-refractivity contribution in [2.45, 2.75) is 52.6 Å². The van der Waals surface area contributed by atoms with E-state index < -0.39 is 0 Å². The number of aryl methyl sites for hydroxylation is 1. The summed E-state index contributed by atoms with van der Waals surface area (Å²) in [6.45, 7) is 10.7. The lowest BCUT2D eigenvalue weighted by atomic mass is 10.1. The number of aromatic nitrogens is 4. The van der Waals surface area contributed by atoms with Gasteiger partial charge in [-0.1, -0.05) is 41.7 Å². The highest BCUT2D eigenvalue weighted by atomic mass is 32.1. The maximum absolute atomic E-state index is 4.65. The van der Waals surface area contributed by atoms with Gasteiger partial charge < -0.3 is 5.32 Å². The predicted octanol–water partition coefficient (Wildman–Crippen LogP) is 4.56. The third kappa shape index (κ3) is 4.25. The average molecular weight is 356 g/mol. The van der Waals surface area contributed by atoms with Crippen LogP contribution in [0.4, 0.5) is 5.13 Å². The van der Waals surface area contributed by atoms with Gasteiger partial charge in [0, 0.05) is 18.2 Å². The van der Waals surface area contributed by atoms with Gasteiger partial charge in [-0.3, -0.25) is 4.68 Å². The van der Waals surface area contributed by atoms with Gasteiger partial charge in [0.05, 0.1) is 17.3 Å². The summed E-state index contributed by atoms with van der Waals surface area (Å²) in [5.41, 5.74) is 3.47. The summed E-state index contributed by atoms with van der Waals surface area (Å²) < 4.78 is 2.02. The molecule has 0 saturated heterocycles. The second kappa shape index (κ2) is 6.96. The maximum atomic E-state index is 4.65. The fraction of sp³-hybridized carbons (Fsp3) is 0.421. The zero-order chi connectivity index (χ0) is 18.0. The minimum atomic E-state index is -0.0195. The zero-order valence-corrected chi connectivity index (χ0v) is 16.3. The van der Waals surface area contributed by atoms with Crippen LogP contribution < -0.4 is 5.32 Å². The second-order valence-corrected chi connectivity index (χ2v) is 8.38. The van der Waals surface area contributed by atoms with Crippen molar-refractivity contribution in [1.82, 2.24) is 20.0 Å². The first kappa shape index (κ1) is 17.6. The highest BCUT2D eigenvalue weighted by molar-refractivity contribution is 7.15. The highest BCUT2D eigenvalue weighted by Crippen LogP contribution is 2.26. The summed E-state index contributed by atoms with van der Waals surface area (Å²) in [4.78, 5) is 0. The smallest absolute Gasteiger partial charge is 0.206 e. The molecule has 1 aromatic carbocycles. The van der Waals surface area contributed by atoms with Crippen LogP contribution >= 0.6 is 11.3 Å². The van der Waals surface area contributed by atoms with Crippen LogP contribution in [0.3, 0.4) is 0 Å². The molecule has 0 aliphatic carbocycles. The Hall–Kier alpha value is -2.21. The summed E-state index contributed by atoms with van der Waals surface area (Å²) >= 11 is 1.61. The van der Waals surface area contributed by atoms with Crippen LogP contribution in [0.15, 0.2) is 36.5 Å². The van der Waals surface area contributed by atoms with Crippen LogP contribution in [0.2, 0.25) is 0 Å². The fourth-order valence-electron chi connectivity index (χ4n) is 2.66. The van der Waals surface area contributed by atoms with Crippen molar-refractivity contribution in [2.75, 3.05) is 5.32 Å². The monoisotopic (exact) mass is 355 g/mol. The molecule has 1 atom stereocenters. The Kier molecular flexibility index (Phi) is 4.90. The zero-order valence-electron chi connectivity index (χ0n) is 15.4. The normalized spacial score (nSPS) is 13.0. The van der Waals surface area contributed by atoms with Crippen LogP contribution in [0.5, 0.6) is 0 Å². The quantitative estimate of drug-likeness (QED) is 0.729. The van der Waals surface area contributed by atoms with Gasteiger partial charge in [0.1, 0.15) is 5.01 Å². The van der Waals surface area contributed by atoms with Crippen molar-refractivity contribution >= 4 is 16.5 Å². The maximum Gasteiger partial charge on any atom is 0.206 e. The second-order valence-electron chi connectivity index (χ2n) is 7.31. The van der Waals surface area contributed by atoms with Gasteiger partial charge in [-0.05, 0) is 40.2 Å². The molecule has 0 aliphatic rings. The van der Waals surface area contributed by atoms with Crippen LogP contribution in [0, 0.1) is 6.92 Å². The van der Waals surface area contributed by atoms with Crippen molar-refractivity contribution in [1.29, 1.82) is 0 Å². The molecule has 1 N–H and O–H groups in total. The van der Waals surface area contributed by atoms with Crippen molar-refractivity contribution in [3.05, 3.63) is 58.4 Å². The number of nitrogens with one attached hydrogen (secondary N) is 1. The molecule has 0 fully saturated rings. The number of rotatable bonds is 5. The minimum Gasteiger partial charge on any atom is -0.353 e. The third-order valence-electron chi connectivity index (χ3n) is 4.10. The average Bonchev–Trinajstić information content (AvgIpc) is 3.14. The molecule has 3 rings (SSSR count). The molecule has 5 nitrogen and oxygen atoms in total. The van der Waals surface area contributed by atoms with E-state index in [0.29, 0.717) is 0 Å². The first-order valence-electron chi connectivity index (χ1n) is 8.52. The van der Waals surface area contributed by atoms with Crippen LogP contribution in [-0.4, -0.2) is 20.0 Å². The molecule has 0 amide bonds. The lowest BCUT2D eigenvalue weighted by Gasteiger charge is -2.19. The molecule has 6 heteroatoms. The van der Waals surface area contributed by atoms with E-state index in [9.17, 15) is 0 Å². The Bertz CT molecular complexity index is 829. The molecule has 0 spiro atoms. The Morgan fingerprint density at radius 3 is 2.52 bits per heavy atom. The highest BCUT2D eigenvalue weighted by Gasteiger charge is 2.20. The molecule has 0 aliphatic heterocycles. The van der Waals surface area contributed by atoms with Crippen molar-refractivity contribution < 1.29 is 0 Å². The van der Waals surface area contributed by atoms with Crippen molar-refractivity contribution in [3.63, 3.8) is 0 Å². The molecular weight excluding hydrogens is 330 g/mol. The number of hydrogen-bond donors (Lipinski definition) is 1. The summed E-state index contributed by atoms with van der Waals surface area (Å²) in [6, 6.07) is 10.5. The number of nitrogens with zero attached hydrogens (tertiary/aromatic N) is 4. The Balaban J connectivity index is 1.70. The predicted molar refractivity (Wildman–Crippen MR) is 103 cm³/mol. The van der Waals surface area contributed by atoms with Gasteiger partial charge in [0.2, 0.25) is 5.13 Å². The van der Waals surface area contributed by atoms with Crippen LogP contribution in [0.25, 0.3) is 0 Å². The Labute approximate surface area is 153 Å². The number of hydrogen-bond acceptors (Lipinski definition) is 5. The molecule has 1 unspecified atom stereocenters. The number of anilines is 1. The third-order valence-corrected chi connectivity index (χ3v) is 4.95. The van der Waals surface area contributed by atoms with Gasteiger partial charge in [0.15, 0.2) is 0 Å². The molecule has 132 valence electrons. The molecule has 0 bridgehead atoms. The molecule has 2 aromatic heterocycles. The van der Waals surface area contributed by atoms with Gasteiger partial charge >= 0.3 is 0 Å². The van der Waals surface area contributed by atoms with Gasteiger partial charge in [-0.2, -0.15) is 5.10 Å². The van der Waals surface area contributed by atoms with E-state index in [1.54, 1.807) is 11.3 Å². The van der Waals surface area contributed by atoms with E-state index in [1.165, 1.54) is 11.1 Å². The largest absolute Gasteiger partial charge is 0.353 e. The van der Waals surface area contributed by atoms with Gasteiger partial charge in [-0.15, -0.1) is 10.2 Å². The lowest BCUT2D eigenvalue weighted by molar-refractivity contribution is 0.354. The topological polar surface area (TPSA) is 55.6 Å². The molecule has 3 aromatic rings. The minimum absolute atomic E-state index is 0.0195. The van der Waals surface area contributed by atoms with E-state index >= 15 is 0 Å². The van der Waals surface area contributed by atoms with E-state index in [0.717, 1.165) is 22.3 Å². The molecule has 0 saturated carbocycles. The van der Waals surface area contributed by atoms with Crippen LogP contribution in [-0.2, 0) is 12.0 Å². The van der Waals surface area contributed by atoms with E-state index in [4.69, 9.17) is 0 Å². The van der Waals surface area contributed by atoms with Gasteiger partial charge in [0.25, 0.3) is 0 Å². The molecule has 0 radical (unpaired) electrons. The first-order valence-corrected chi connectivity index (χ1v) is 9.34. The van der Waals surface area contributed by atoms with Gasteiger partial charge in [-0.25, -0.2) is 0 Å². The van der Waals surface area contributed by atoms with Crippen molar-refractivity contribution in [2.24, 2.45) is 0 Å². The Morgan fingerprint density at radius 2 is 1.88 bits per heavy atom. The number of benzene rings is 1. The SMILES string of the molecule is Cc1nn(C(C)(C)C)cc1C(C)Nc1nnc(Cc2ccccc2)s1. The lowest BCUT2D eigenvalue weighted by Crippen LogP contribution is -2.22. The van der Waals surface area contributed by atoms with E-state index in [2.05, 4.69) is 73.6 Å². The first-order chi connectivity index (χ1) is 11.8. The molecule has 25 heavy (non-hydrogen) atoms. The summed E-state index contributed by atoms with van der Waals surface area (Å²) in [6.07, 6.45) is 2.94.